The first kappa shape index (κ1) is 8.73. The molecule has 70 valence electrons. The van der Waals surface area contributed by atoms with Crippen LogP contribution in [0.15, 0.2) is 30.3 Å². The van der Waals surface area contributed by atoms with Gasteiger partial charge in [-0.1, -0.05) is 30.3 Å². The summed E-state index contributed by atoms with van der Waals surface area (Å²) in [6, 6.07) is 10.4. The lowest BCUT2D eigenvalue weighted by Crippen LogP contribution is -2.14. The van der Waals surface area contributed by atoms with Crippen LogP contribution in [-0.4, -0.2) is 24.8 Å². The summed E-state index contributed by atoms with van der Waals surface area (Å²) in [6.07, 6.45) is 0. The van der Waals surface area contributed by atoms with Crippen LogP contribution in [-0.2, 0) is 0 Å². The Morgan fingerprint density at radius 2 is 2.00 bits per heavy atom. The van der Waals surface area contributed by atoms with Crippen molar-refractivity contribution in [3.63, 3.8) is 0 Å². The third kappa shape index (κ3) is 1.74. The van der Waals surface area contributed by atoms with Crippen LogP contribution in [0.5, 0.6) is 0 Å². The average molecular weight is 177 g/mol. The summed E-state index contributed by atoms with van der Waals surface area (Å²) in [7, 11) is 0. The van der Waals surface area contributed by atoms with Gasteiger partial charge in [0.15, 0.2) is 0 Å². The molecule has 0 unspecified atom stereocenters. The van der Waals surface area contributed by atoms with Gasteiger partial charge in [0.2, 0.25) is 0 Å². The van der Waals surface area contributed by atoms with Crippen molar-refractivity contribution in [1.29, 1.82) is 0 Å². The van der Waals surface area contributed by atoms with E-state index >= 15 is 0 Å². The third-order valence-corrected chi connectivity index (χ3v) is 2.80. The van der Waals surface area contributed by atoms with Gasteiger partial charge in [-0.15, -0.1) is 0 Å². The van der Waals surface area contributed by atoms with Crippen LogP contribution in [0.4, 0.5) is 0 Å². The van der Waals surface area contributed by atoms with E-state index < -0.39 is 0 Å². The minimum absolute atomic E-state index is 0.284. The van der Waals surface area contributed by atoms with Gasteiger partial charge in [0.05, 0.1) is 0 Å². The highest BCUT2D eigenvalue weighted by Crippen LogP contribution is 2.27. The number of hydrogen-bond acceptors (Lipinski definition) is 2. The van der Waals surface area contributed by atoms with Gasteiger partial charge in [-0.3, -0.25) is 0 Å². The molecule has 2 N–H and O–H groups in total. The molecule has 2 heteroatoms. The molecule has 1 fully saturated rings. The Hall–Kier alpha value is -0.860. The Morgan fingerprint density at radius 3 is 2.69 bits per heavy atom. The summed E-state index contributed by atoms with van der Waals surface area (Å²) in [5.74, 6) is 0.883. The van der Waals surface area contributed by atoms with Crippen molar-refractivity contribution in [2.45, 2.75) is 5.92 Å². The molecule has 1 saturated heterocycles. The predicted octanol–water partition coefficient (Wildman–Crippen LogP) is 0.982. The summed E-state index contributed by atoms with van der Waals surface area (Å²) < 4.78 is 0. The third-order valence-electron chi connectivity index (χ3n) is 2.80. The molecule has 0 aromatic heterocycles. The molecule has 13 heavy (non-hydrogen) atoms. The number of hydrogen-bond donors (Lipinski definition) is 2. The van der Waals surface area contributed by atoms with Crippen molar-refractivity contribution >= 4 is 0 Å². The molecule has 0 radical (unpaired) electrons. The van der Waals surface area contributed by atoms with Crippen LogP contribution in [0, 0.1) is 5.92 Å². The molecule has 0 saturated carbocycles. The molecular weight excluding hydrogens is 162 g/mol. The fraction of sp³-hybridized carbons (Fsp3) is 0.455. The highest BCUT2D eigenvalue weighted by molar-refractivity contribution is 5.22. The highest BCUT2D eigenvalue weighted by Gasteiger charge is 2.27. The van der Waals surface area contributed by atoms with Crippen LogP contribution in [0.25, 0.3) is 0 Å². The van der Waals surface area contributed by atoms with E-state index in [1.165, 1.54) is 5.56 Å². The first-order chi connectivity index (χ1) is 6.42. The Balaban J connectivity index is 2.16. The lowest BCUT2D eigenvalue weighted by molar-refractivity contribution is 0.226. The average Bonchev–Trinajstić information content (AvgIpc) is 2.67. The minimum atomic E-state index is 0.284. The smallest absolute Gasteiger partial charge is 0.0477 e. The largest absolute Gasteiger partial charge is 0.396 e. The Kier molecular flexibility index (Phi) is 2.62. The number of benzene rings is 1. The van der Waals surface area contributed by atoms with E-state index in [2.05, 4.69) is 29.6 Å². The van der Waals surface area contributed by atoms with Crippen molar-refractivity contribution in [2.75, 3.05) is 19.7 Å². The van der Waals surface area contributed by atoms with E-state index in [0.29, 0.717) is 11.8 Å². The number of nitrogens with one attached hydrogen (secondary N) is 1. The maximum atomic E-state index is 9.16. The van der Waals surface area contributed by atoms with Crippen LogP contribution < -0.4 is 5.32 Å². The van der Waals surface area contributed by atoms with Gasteiger partial charge in [0.1, 0.15) is 0 Å². The van der Waals surface area contributed by atoms with Gasteiger partial charge in [0, 0.05) is 31.5 Å². The molecule has 1 aliphatic heterocycles. The maximum absolute atomic E-state index is 9.16. The maximum Gasteiger partial charge on any atom is 0.0477 e. The van der Waals surface area contributed by atoms with Gasteiger partial charge in [-0.2, -0.15) is 0 Å². The quantitative estimate of drug-likeness (QED) is 0.706. The van der Waals surface area contributed by atoms with Crippen LogP contribution >= 0.6 is 0 Å². The van der Waals surface area contributed by atoms with E-state index in [1.54, 1.807) is 0 Å². The molecule has 0 aliphatic carbocycles. The van der Waals surface area contributed by atoms with Crippen molar-refractivity contribution in [3.8, 4) is 0 Å². The zero-order valence-electron chi connectivity index (χ0n) is 7.61. The number of rotatable bonds is 2. The molecule has 2 rings (SSSR count). The normalized spacial score (nSPS) is 27.8. The summed E-state index contributed by atoms with van der Waals surface area (Å²) >= 11 is 0. The van der Waals surface area contributed by atoms with E-state index in [9.17, 15) is 0 Å². The second-order valence-corrected chi connectivity index (χ2v) is 3.62. The predicted molar refractivity (Wildman–Crippen MR) is 52.6 cm³/mol. The van der Waals surface area contributed by atoms with Crippen LogP contribution in [0.2, 0.25) is 0 Å². The van der Waals surface area contributed by atoms with E-state index in [-0.39, 0.29) is 6.61 Å². The molecule has 1 aromatic rings. The Labute approximate surface area is 78.6 Å². The molecule has 1 heterocycles. The zero-order chi connectivity index (χ0) is 9.10. The molecule has 1 aromatic carbocycles. The number of aliphatic hydroxyl groups excluding tert-OH is 1. The van der Waals surface area contributed by atoms with E-state index in [1.807, 2.05) is 6.07 Å². The van der Waals surface area contributed by atoms with Crippen LogP contribution in [0.1, 0.15) is 11.5 Å². The molecule has 0 bridgehead atoms. The van der Waals surface area contributed by atoms with Gasteiger partial charge in [-0.25, -0.2) is 0 Å². The summed E-state index contributed by atoms with van der Waals surface area (Å²) in [5, 5.41) is 12.5. The fourth-order valence-electron chi connectivity index (χ4n) is 2.02. The van der Waals surface area contributed by atoms with Crippen molar-refractivity contribution < 1.29 is 5.11 Å². The lowest BCUT2D eigenvalue weighted by Gasteiger charge is -2.15. The summed E-state index contributed by atoms with van der Waals surface area (Å²) in [5.41, 5.74) is 1.34. The first-order valence-corrected chi connectivity index (χ1v) is 4.78. The minimum Gasteiger partial charge on any atom is -0.396 e. The molecule has 2 atom stereocenters. The van der Waals surface area contributed by atoms with Crippen molar-refractivity contribution in [1.82, 2.24) is 5.32 Å². The summed E-state index contributed by atoms with van der Waals surface area (Å²) in [6.45, 7) is 2.22. The molecule has 0 amide bonds. The molecule has 0 spiro atoms. The molecule has 2 nitrogen and oxygen atoms in total. The second kappa shape index (κ2) is 3.90. The van der Waals surface area contributed by atoms with E-state index in [0.717, 1.165) is 13.1 Å². The van der Waals surface area contributed by atoms with Gasteiger partial charge < -0.3 is 10.4 Å². The van der Waals surface area contributed by atoms with Gasteiger partial charge >= 0.3 is 0 Å². The molecule has 1 aliphatic rings. The topological polar surface area (TPSA) is 32.3 Å². The standard InChI is InChI=1S/C11H15NO/c13-8-10-6-12-7-11(10)9-4-2-1-3-5-9/h1-5,10-13H,6-8H2/t10-,11+/m0/s1. The Morgan fingerprint density at radius 1 is 1.23 bits per heavy atom. The van der Waals surface area contributed by atoms with Crippen LogP contribution in [0.3, 0.4) is 0 Å². The van der Waals surface area contributed by atoms with Crippen molar-refractivity contribution in [3.05, 3.63) is 35.9 Å². The Bertz CT molecular complexity index is 260. The highest BCUT2D eigenvalue weighted by atomic mass is 16.3. The second-order valence-electron chi connectivity index (χ2n) is 3.62. The monoisotopic (exact) mass is 177 g/mol. The van der Waals surface area contributed by atoms with E-state index in [4.69, 9.17) is 5.11 Å². The zero-order valence-corrected chi connectivity index (χ0v) is 7.61. The fourth-order valence-corrected chi connectivity index (χ4v) is 2.02. The lowest BCUT2D eigenvalue weighted by atomic mass is 9.90. The SMILES string of the molecule is OC[C@@H]1CNC[C@@H]1c1ccccc1. The molecular formula is C11H15NO. The van der Waals surface area contributed by atoms with Gasteiger partial charge in [0.25, 0.3) is 0 Å². The summed E-state index contributed by atoms with van der Waals surface area (Å²) in [4.78, 5) is 0. The van der Waals surface area contributed by atoms with Crippen molar-refractivity contribution in [2.24, 2.45) is 5.92 Å². The first-order valence-electron chi connectivity index (χ1n) is 4.78. The number of aliphatic hydroxyl groups is 1. The van der Waals surface area contributed by atoms with Gasteiger partial charge in [-0.05, 0) is 5.56 Å².